The predicted octanol–water partition coefficient (Wildman–Crippen LogP) is 4.09. The number of hydrogen-bond acceptors (Lipinski definition) is 5. The Labute approximate surface area is 146 Å². The SMILES string of the molecule is CC(CC(F)(F)F)C(=O)N1CCC(c2nc(-c3cccs3)no2)CC1. The van der Waals surface area contributed by atoms with Crippen LogP contribution in [0.1, 0.15) is 38.0 Å². The molecule has 0 aromatic carbocycles. The van der Waals surface area contributed by atoms with Crippen LogP contribution in [0.2, 0.25) is 0 Å². The molecule has 1 unspecified atom stereocenters. The molecular formula is C16H18F3N3O2S. The predicted molar refractivity (Wildman–Crippen MR) is 86.0 cm³/mol. The number of nitrogens with zero attached hydrogens (tertiary/aromatic N) is 3. The van der Waals surface area contributed by atoms with Crippen LogP contribution in [0.15, 0.2) is 22.0 Å². The first-order chi connectivity index (χ1) is 11.8. The zero-order valence-corrected chi connectivity index (χ0v) is 14.4. The number of hydrogen-bond donors (Lipinski definition) is 0. The molecule has 9 heteroatoms. The maximum absolute atomic E-state index is 12.4. The molecule has 3 rings (SSSR count). The molecule has 2 aromatic heterocycles. The van der Waals surface area contributed by atoms with E-state index in [0.717, 1.165) is 4.88 Å². The summed E-state index contributed by atoms with van der Waals surface area (Å²) in [6, 6.07) is 3.81. The lowest BCUT2D eigenvalue weighted by molar-refractivity contribution is -0.158. The molecule has 1 aliphatic rings. The van der Waals surface area contributed by atoms with E-state index in [-0.39, 0.29) is 5.92 Å². The Morgan fingerprint density at radius 2 is 2.16 bits per heavy atom. The number of halogens is 3. The van der Waals surface area contributed by atoms with Crippen LogP contribution in [0, 0.1) is 5.92 Å². The fourth-order valence-electron chi connectivity index (χ4n) is 3.00. The lowest BCUT2D eigenvalue weighted by atomic mass is 9.95. The minimum Gasteiger partial charge on any atom is -0.342 e. The summed E-state index contributed by atoms with van der Waals surface area (Å²) in [7, 11) is 0. The van der Waals surface area contributed by atoms with E-state index < -0.39 is 24.4 Å². The topological polar surface area (TPSA) is 59.2 Å². The van der Waals surface area contributed by atoms with Crippen molar-refractivity contribution in [2.24, 2.45) is 5.92 Å². The van der Waals surface area contributed by atoms with Crippen molar-refractivity contribution in [3.05, 3.63) is 23.4 Å². The van der Waals surface area contributed by atoms with Crippen molar-refractivity contribution in [1.82, 2.24) is 15.0 Å². The maximum atomic E-state index is 12.4. The number of thiophene rings is 1. The van der Waals surface area contributed by atoms with E-state index in [1.807, 2.05) is 17.5 Å². The average Bonchev–Trinajstić information content (AvgIpc) is 3.23. The molecule has 25 heavy (non-hydrogen) atoms. The summed E-state index contributed by atoms with van der Waals surface area (Å²) >= 11 is 1.52. The van der Waals surface area contributed by atoms with Gasteiger partial charge >= 0.3 is 6.18 Å². The van der Waals surface area contributed by atoms with E-state index in [1.165, 1.54) is 23.2 Å². The van der Waals surface area contributed by atoms with Gasteiger partial charge in [0.25, 0.3) is 0 Å². The fourth-order valence-corrected chi connectivity index (χ4v) is 3.65. The lowest BCUT2D eigenvalue weighted by Crippen LogP contribution is -2.41. The molecule has 3 heterocycles. The van der Waals surface area contributed by atoms with Gasteiger partial charge < -0.3 is 9.42 Å². The van der Waals surface area contributed by atoms with Crippen molar-refractivity contribution in [3.63, 3.8) is 0 Å². The minimum atomic E-state index is -4.32. The number of alkyl halides is 3. The van der Waals surface area contributed by atoms with Crippen LogP contribution in [-0.2, 0) is 4.79 Å². The first-order valence-corrected chi connectivity index (χ1v) is 8.94. The van der Waals surface area contributed by atoms with Crippen molar-refractivity contribution in [2.45, 2.75) is 38.3 Å². The largest absolute Gasteiger partial charge is 0.389 e. The molecule has 1 saturated heterocycles. The highest BCUT2D eigenvalue weighted by molar-refractivity contribution is 7.13. The molecule has 0 aliphatic carbocycles. The van der Waals surface area contributed by atoms with Gasteiger partial charge in [-0.25, -0.2) is 0 Å². The molecule has 0 saturated carbocycles. The van der Waals surface area contributed by atoms with E-state index in [0.29, 0.717) is 37.6 Å². The van der Waals surface area contributed by atoms with Gasteiger partial charge in [-0.1, -0.05) is 18.1 Å². The van der Waals surface area contributed by atoms with Crippen LogP contribution in [0.3, 0.4) is 0 Å². The van der Waals surface area contributed by atoms with E-state index >= 15 is 0 Å². The Balaban J connectivity index is 1.56. The van der Waals surface area contributed by atoms with Crippen molar-refractivity contribution in [2.75, 3.05) is 13.1 Å². The molecular weight excluding hydrogens is 355 g/mol. The second-order valence-electron chi connectivity index (χ2n) is 6.25. The van der Waals surface area contributed by atoms with E-state index in [9.17, 15) is 18.0 Å². The number of piperidine rings is 1. The van der Waals surface area contributed by atoms with Crippen molar-refractivity contribution >= 4 is 17.2 Å². The van der Waals surface area contributed by atoms with Gasteiger partial charge in [-0.15, -0.1) is 11.3 Å². The standard InChI is InChI=1S/C16H18F3N3O2S/c1-10(9-16(17,18)19)15(23)22-6-4-11(5-7-22)14-20-13(21-24-14)12-3-2-8-25-12/h2-3,8,10-11H,4-7,9H2,1H3. The summed E-state index contributed by atoms with van der Waals surface area (Å²) in [5.74, 6) is -0.393. The van der Waals surface area contributed by atoms with Gasteiger partial charge in [0.05, 0.1) is 11.3 Å². The van der Waals surface area contributed by atoms with Gasteiger partial charge in [0.2, 0.25) is 17.6 Å². The third-order valence-electron chi connectivity index (χ3n) is 4.30. The van der Waals surface area contributed by atoms with Crippen LogP contribution in [0.4, 0.5) is 13.2 Å². The molecule has 0 N–H and O–H groups in total. The Bertz CT molecular complexity index is 707. The zero-order valence-electron chi connectivity index (χ0n) is 13.6. The number of carbonyl (C=O) groups excluding carboxylic acids is 1. The van der Waals surface area contributed by atoms with Gasteiger partial charge in [-0.05, 0) is 24.3 Å². The van der Waals surface area contributed by atoms with E-state index in [4.69, 9.17) is 4.52 Å². The molecule has 5 nitrogen and oxygen atoms in total. The van der Waals surface area contributed by atoms with Crippen LogP contribution in [0.25, 0.3) is 10.7 Å². The third kappa shape index (κ3) is 4.39. The second-order valence-corrected chi connectivity index (χ2v) is 7.20. The van der Waals surface area contributed by atoms with Crippen molar-refractivity contribution in [1.29, 1.82) is 0 Å². The lowest BCUT2D eigenvalue weighted by Gasteiger charge is -2.32. The number of likely N-dealkylation sites (tertiary alicyclic amines) is 1. The fraction of sp³-hybridized carbons (Fsp3) is 0.562. The summed E-state index contributed by atoms with van der Waals surface area (Å²) in [4.78, 5) is 19.0. The van der Waals surface area contributed by atoms with Gasteiger partial charge in [-0.2, -0.15) is 18.2 Å². The Morgan fingerprint density at radius 3 is 2.76 bits per heavy atom. The minimum absolute atomic E-state index is 0.0307. The van der Waals surface area contributed by atoms with Crippen molar-refractivity contribution in [3.8, 4) is 10.7 Å². The molecule has 1 aliphatic heterocycles. The first-order valence-electron chi connectivity index (χ1n) is 8.06. The highest BCUT2D eigenvalue weighted by Gasteiger charge is 2.36. The molecule has 136 valence electrons. The van der Waals surface area contributed by atoms with Gasteiger partial charge in [-0.3, -0.25) is 4.79 Å². The Morgan fingerprint density at radius 1 is 1.44 bits per heavy atom. The number of aromatic nitrogens is 2. The molecule has 2 aromatic rings. The van der Waals surface area contributed by atoms with Crippen LogP contribution in [0.5, 0.6) is 0 Å². The smallest absolute Gasteiger partial charge is 0.342 e. The monoisotopic (exact) mass is 373 g/mol. The second kappa shape index (κ2) is 7.15. The van der Waals surface area contributed by atoms with Crippen LogP contribution >= 0.6 is 11.3 Å². The van der Waals surface area contributed by atoms with Crippen molar-refractivity contribution < 1.29 is 22.5 Å². The normalized spacial score (nSPS) is 17.7. The van der Waals surface area contributed by atoms with E-state index in [2.05, 4.69) is 10.1 Å². The highest BCUT2D eigenvalue weighted by Crippen LogP contribution is 2.31. The summed E-state index contributed by atoms with van der Waals surface area (Å²) in [6.45, 7) is 2.14. The summed E-state index contributed by atoms with van der Waals surface area (Å²) in [5, 5.41) is 5.90. The molecule has 0 radical (unpaired) electrons. The molecule has 1 atom stereocenters. The van der Waals surface area contributed by atoms with Gasteiger partial charge in [0.15, 0.2) is 0 Å². The zero-order chi connectivity index (χ0) is 18.0. The number of rotatable bonds is 4. The summed E-state index contributed by atoms with van der Waals surface area (Å²) in [6.07, 6.45) is -4.19. The van der Waals surface area contributed by atoms with Crippen LogP contribution < -0.4 is 0 Å². The highest BCUT2D eigenvalue weighted by atomic mass is 32.1. The number of carbonyl (C=O) groups is 1. The van der Waals surface area contributed by atoms with Gasteiger partial charge in [0.1, 0.15) is 0 Å². The first kappa shape index (κ1) is 17.9. The number of amides is 1. The van der Waals surface area contributed by atoms with Gasteiger partial charge in [0, 0.05) is 24.9 Å². The quantitative estimate of drug-likeness (QED) is 0.810. The maximum Gasteiger partial charge on any atom is 0.389 e. The molecule has 0 bridgehead atoms. The molecule has 0 spiro atoms. The Kier molecular flexibility index (Phi) is 5.12. The molecule has 1 amide bonds. The van der Waals surface area contributed by atoms with Crippen LogP contribution in [-0.4, -0.2) is 40.2 Å². The Hall–Kier alpha value is -1.90. The average molecular weight is 373 g/mol. The summed E-state index contributed by atoms with van der Waals surface area (Å²) < 4.78 is 42.6. The molecule has 1 fully saturated rings. The third-order valence-corrected chi connectivity index (χ3v) is 5.16. The van der Waals surface area contributed by atoms with E-state index in [1.54, 1.807) is 0 Å². The summed E-state index contributed by atoms with van der Waals surface area (Å²) in [5.41, 5.74) is 0.